The van der Waals surface area contributed by atoms with Gasteiger partial charge in [0.15, 0.2) is 5.78 Å². The highest BCUT2D eigenvalue weighted by Gasteiger charge is 2.14. The van der Waals surface area contributed by atoms with Gasteiger partial charge in [0, 0.05) is 18.7 Å². The van der Waals surface area contributed by atoms with Crippen LogP contribution in [0, 0.1) is 17.2 Å². The van der Waals surface area contributed by atoms with E-state index in [1.807, 2.05) is 0 Å². The van der Waals surface area contributed by atoms with Crippen molar-refractivity contribution in [1.82, 2.24) is 4.90 Å². The third-order valence-corrected chi connectivity index (χ3v) is 4.21. The monoisotopic (exact) mass is 299 g/mol. The molecule has 0 radical (unpaired) electrons. The minimum atomic E-state index is 0.0221. The summed E-state index contributed by atoms with van der Waals surface area (Å²) in [5.41, 5.74) is 2.00. The Morgan fingerprint density at radius 3 is 2.73 bits per heavy atom. The number of piperidine rings is 1. The number of likely N-dealkylation sites (tertiary alicyclic amines) is 1. The molecule has 1 aliphatic heterocycles. The number of nitrogens with zero attached hydrogens (tertiary/aromatic N) is 2. The molecular formula is C18H25N3O. The predicted molar refractivity (Wildman–Crippen MR) is 89.1 cm³/mol. The molecule has 1 aromatic carbocycles. The first-order valence-corrected chi connectivity index (χ1v) is 8.11. The van der Waals surface area contributed by atoms with Crippen molar-refractivity contribution in [3.8, 4) is 6.07 Å². The first-order valence-electron chi connectivity index (χ1n) is 8.11. The van der Waals surface area contributed by atoms with Crippen LogP contribution in [0.1, 0.15) is 49.0 Å². The number of carbonyl (C=O) groups excluding carboxylic acids is 1. The summed E-state index contributed by atoms with van der Waals surface area (Å²) < 4.78 is 0. The van der Waals surface area contributed by atoms with Crippen molar-refractivity contribution >= 4 is 11.5 Å². The van der Waals surface area contributed by atoms with Gasteiger partial charge in [0.2, 0.25) is 0 Å². The summed E-state index contributed by atoms with van der Waals surface area (Å²) in [7, 11) is 0. The van der Waals surface area contributed by atoms with Gasteiger partial charge in [0.25, 0.3) is 0 Å². The molecular weight excluding hydrogens is 274 g/mol. The lowest BCUT2D eigenvalue weighted by Crippen LogP contribution is -2.35. The van der Waals surface area contributed by atoms with E-state index in [4.69, 9.17) is 0 Å². The maximum absolute atomic E-state index is 11.5. The Kier molecular flexibility index (Phi) is 5.97. The van der Waals surface area contributed by atoms with Gasteiger partial charge in [-0.2, -0.15) is 5.26 Å². The lowest BCUT2D eigenvalue weighted by molar-refractivity contribution is 0.101. The van der Waals surface area contributed by atoms with Gasteiger partial charge in [-0.3, -0.25) is 4.79 Å². The first-order chi connectivity index (χ1) is 10.6. The third kappa shape index (κ3) is 4.57. The zero-order chi connectivity index (χ0) is 15.9. The van der Waals surface area contributed by atoms with E-state index in [1.54, 1.807) is 25.1 Å². The molecule has 4 nitrogen and oxygen atoms in total. The molecule has 0 aliphatic carbocycles. The molecule has 118 valence electrons. The molecule has 1 heterocycles. The van der Waals surface area contributed by atoms with E-state index in [0.29, 0.717) is 17.0 Å². The Bertz CT molecular complexity index is 556. The third-order valence-electron chi connectivity index (χ3n) is 4.21. The predicted octanol–water partition coefficient (Wildman–Crippen LogP) is 3.29. The van der Waals surface area contributed by atoms with Crippen molar-refractivity contribution in [3.63, 3.8) is 0 Å². The summed E-state index contributed by atoms with van der Waals surface area (Å²) >= 11 is 0. The molecule has 0 saturated carbocycles. The molecule has 1 saturated heterocycles. The molecule has 22 heavy (non-hydrogen) atoms. The zero-order valence-corrected chi connectivity index (χ0v) is 13.6. The molecule has 1 aliphatic rings. The van der Waals surface area contributed by atoms with Crippen molar-refractivity contribution in [3.05, 3.63) is 29.3 Å². The molecule has 0 spiro atoms. The molecule has 1 fully saturated rings. The van der Waals surface area contributed by atoms with Crippen molar-refractivity contribution in [2.75, 3.05) is 31.5 Å². The summed E-state index contributed by atoms with van der Waals surface area (Å²) in [6.45, 7) is 8.07. The number of hydrogen-bond donors (Lipinski definition) is 1. The Hall–Kier alpha value is -1.86. The van der Waals surface area contributed by atoms with Crippen LogP contribution in [-0.2, 0) is 0 Å². The fraction of sp³-hybridized carbons (Fsp3) is 0.556. The molecule has 1 unspecified atom stereocenters. The Labute approximate surface area is 133 Å². The van der Waals surface area contributed by atoms with Gasteiger partial charge in [0.1, 0.15) is 6.07 Å². The Morgan fingerprint density at radius 1 is 1.36 bits per heavy atom. The van der Waals surface area contributed by atoms with E-state index in [2.05, 4.69) is 23.2 Å². The number of hydrogen-bond acceptors (Lipinski definition) is 4. The zero-order valence-electron chi connectivity index (χ0n) is 13.6. The number of rotatable bonds is 6. The quantitative estimate of drug-likeness (QED) is 0.819. The SMILES string of the molecule is CC(=O)c1ccc(C#N)c(NCC(C)CN2CCCCC2)c1. The fourth-order valence-electron chi connectivity index (χ4n) is 2.94. The van der Waals surface area contributed by atoms with Crippen LogP contribution in [0.25, 0.3) is 0 Å². The average Bonchev–Trinajstić information content (AvgIpc) is 2.53. The van der Waals surface area contributed by atoms with Gasteiger partial charge >= 0.3 is 0 Å². The van der Waals surface area contributed by atoms with Gasteiger partial charge in [-0.05, 0) is 57.0 Å². The Morgan fingerprint density at radius 2 is 2.09 bits per heavy atom. The van der Waals surface area contributed by atoms with Gasteiger partial charge < -0.3 is 10.2 Å². The molecule has 1 atom stereocenters. The van der Waals surface area contributed by atoms with Gasteiger partial charge in [-0.25, -0.2) is 0 Å². The highest BCUT2D eigenvalue weighted by molar-refractivity contribution is 5.95. The van der Waals surface area contributed by atoms with Crippen LogP contribution in [0.2, 0.25) is 0 Å². The number of ketones is 1. The van der Waals surface area contributed by atoms with Crippen molar-refractivity contribution in [2.24, 2.45) is 5.92 Å². The standard InChI is InChI=1S/C18H25N3O/c1-14(13-21-8-4-3-5-9-21)12-20-18-10-16(15(2)22)6-7-17(18)11-19/h6-7,10,14,20H,3-5,8-9,12-13H2,1-2H3. The largest absolute Gasteiger partial charge is 0.384 e. The second-order valence-electron chi connectivity index (χ2n) is 6.28. The summed E-state index contributed by atoms with van der Waals surface area (Å²) in [5.74, 6) is 0.527. The molecule has 4 heteroatoms. The molecule has 0 bridgehead atoms. The summed E-state index contributed by atoms with van der Waals surface area (Å²) in [4.78, 5) is 14.0. The topological polar surface area (TPSA) is 56.1 Å². The van der Waals surface area contributed by atoms with Crippen molar-refractivity contribution in [2.45, 2.75) is 33.1 Å². The molecule has 2 rings (SSSR count). The number of nitriles is 1. The smallest absolute Gasteiger partial charge is 0.159 e. The highest BCUT2D eigenvalue weighted by Crippen LogP contribution is 2.18. The van der Waals surface area contributed by atoms with Crippen LogP contribution >= 0.6 is 0 Å². The number of carbonyl (C=O) groups is 1. The minimum absolute atomic E-state index is 0.0221. The molecule has 1 aromatic rings. The summed E-state index contributed by atoms with van der Waals surface area (Å²) in [6, 6.07) is 7.40. The molecule has 1 N–H and O–H groups in total. The van der Waals surface area contributed by atoms with E-state index in [1.165, 1.54) is 32.4 Å². The van der Waals surface area contributed by atoms with Crippen LogP contribution in [0.4, 0.5) is 5.69 Å². The van der Waals surface area contributed by atoms with Gasteiger partial charge in [-0.1, -0.05) is 13.3 Å². The van der Waals surface area contributed by atoms with E-state index in [0.717, 1.165) is 18.8 Å². The van der Waals surface area contributed by atoms with E-state index >= 15 is 0 Å². The number of anilines is 1. The van der Waals surface area contributed by atoms with Crippen LogP contribution in [0.15, 0.2) is 18.2 Å². The number of benzene rings is 1. The highest BCUT2D eigenvalue weighted by atomic mass is 16.1. The van der Waals surface area contributed by atoms with Crippen LogP contribution in [-0.4, -0.2) is 36.9 Å². The maximum Gasteiger partial charge on any atom is 0.159 e. The number of Topliss-reactive ketones (excluding diaryl/α,β-unsaturated/α-hetero) is 1. The first kappa shape index (κ1) is 16.5. The van der Waals surface area contributed by atoms with Gasteiger partial charge in [0.05, 0.1) is 11.3 Å². The van der Waals surface area contributed by atoms with E-state index in [9.17, 15) is 10.1 Å². The van der Waals surface area contributed by atoms with Crippen LogP contribution < -0.4 is 5.32 Å². The van der Waals surface area contributed by atoms with E-state index < -0.39 is 0 Å². The van der Waals surface area contributed by atoms with Crippen molar-refractivity contribution in [1.29, 1.82) is 5.26 Å². The maximum atomic E-state index is 11.5. The fourth-order valence-corrected chi connectivity index (χ4v) is 2.94. The van der Waals surface area contributed by atoms with E-state index in [-0.39, 0.29) is 5.78 Å². The number of nitrogens with one attached hydrogen (secondary N) is 1. The summed E-state index contributed by atoms with van der Waals surface area (Å²) in [6.07, 6.45) is 3.96. The summed E-state index contributed by atoms with van der Waals surface area (Å²) in [5, 5.41) is 12.5. The lowest BCUT2D eigenvalue weighted by atomic mass is 10.1. The normalized spacial score (nSPS) is 16.8. The van der Waals surface area contributed by atoms with Gasteiger partial charge in [-0.15, -0.1) is 0 Å². The lowest BCUT2D eigenvalue weighted by Gasteiger charge is -2.29. The molecule has 0 aromatic heterocycles. The average molecular weight is 299 g/mol. The van der Waals surface area contributed by atoms with Crippen LogP contribution in [0.5, 0.6) is 0 Å². The second kappa shape index (κ2) is 7.95. The molecule has 0 amide bonds. The second-order valence-corrected chi connectivity index (χ2v) is 6.28. The minimum Gasteiger partial charge on any atom is -0.384 e. The van der Waals surface area contributed by atoms with Crippen molar-refractivity contribution < 1.29 is 4.79 Å². The van der Waals surface area contributed by atoms with Crippen LogP contribution in [0.3, 0.4) is 0 Å². The Balaban J connectivity index is 1.93.